The summed E-state index contributed by atoms with van der Waals surface area (Å²) in [4.78, 5) is 11.0. The van der Waals surface area contributed by atoms with Crippen LogP contribution in [0.2, 0.25) is 0 Å². The van der Waals surface area contributed by atoms with Gasteiger partial charge in [0.1, 0.15) is 0 Å². The predicted octanol–water partition coefficient (Wildman–Crippen LogP) is 4.14. The van der Waals surface area contributed by atoms with Crippen LogP contribution in [0.3, 0.4) is 0 Å². The van der Waals surface area contributed by atoms with E-state index in [4.69, 9.17) is 5.10 Å². The standard InChI is InChI=1S/C21H28N6S.HI/c1-15-20(16(2)27(25-15)12-18-9-7-6-8-10-18)11-23-21(22-4)26(5)13-19-14-28-17(3)24-19;/h6-10,14H,11-13H2,1-5H3,(H,22,23);1H. The smallest absolute Gasteiger partial charge is 0.194 e. The van der Waals surface area contributed by atoms with Gasteiger partial charge < -0.3 is 10.2 Å². The largest absolute Gasteiger partial charge is 0.352 e. The Morgan fingerprint density at radius 2 is 1.93 bits per heavy atom. The van der Waals surface area contributed by atoms with E-state index in [0.717, 1.165) is 35.4 Å². The van der Waals surface area contributed by atoms with Crippen LogP contribution in [0.1, 0.15) is 33.2 Å². The number of aromatic nitrogens is 3. The molecule has 0 saturated heterocycles. The molecule has 0 unspecified atom stereocenters. The summed E-state index contributed by atoms with van der Waals surface area (Å²) in [6.07, 6.45) is 0. The third-order valence-corrected chi connectivity index (χ3v) is 5.59. The molecule has 0 spiro atoms. The van der Waals surface area contributed by atoms with Crippen LogP contribution < -0.4 is 5.32 Å². The molecule has 3 aromatic rings. The summed E-state index contributed by atoms with van der Waals surface area (Å²) in [5.41, 5.74) is 5.77. The van der Waals surface area contributed by atoms with Gasteiger partial charge in [-0.25, -0.2) is 4.98 Å². The Labute approximate surface area is 194 Å². The van der Waals surface area contributed by atoms with E-state index in [2.05, 4.69) is 68.4 Å². The summed E-state index contributed by atoms with van der Waals surface area (Å²) in [5, 5.41) is 11.4. The van der Waals surface area contributed by atoms with Gasteiger partial charge in [0.15, 0.2) is 5.96 Å². The van der Waals surface area contributed by atoms with Crippen LogP contribution in [0.4, 0.5) is 0 Å². The van der Waals surface area contributed by atoms with E-state index in [1.54, 1.807) is 11.3 Å². The molecule has 0 aliphatic rings. The number of halogens is 1. The fourth-order valence-corrected chi connectivity index (χ4v) is 3.85. The van der Waals surface area contributed by atoms with Gasteiger partial charge in [0.25, 0.3) is 0 Å². The average molecular weight is 524 g/mol. The monoisotopic (exact) mass is 524 g/mol. The van der Waals surface area contributed by atoms with E-state index in [1.165, 1.54) is 16.8 Å². The second-order valence-corrected chi connectivity index (χ2v) is 7.97. The summed E-state index contributed by atoms with van der Waals surface area (Å²) < 4.78 is 2.08. The molecule has 1 N–H and O–H groups in total. The van der Waals surface area contributed by atoms with Crippen molar-refractivity contribution in [2.45, 2.75) is 40.4 Å². The highest BCUT2D eigenvalue weighted by Crippen LogP contribution is 2.15. The van der Waals surface area contributed by atoms with Crippen molar-refractivity contribution in [1.82, 2.24) is 25.0 Å². The van der Waals surface area contributed by atoms with Crippen LogP contribution in [-0.2, 0) is 19.6 Å². The van der Waals surface area contributed by atoms with Crippen molar-refractivity contribution >= 4 is 41.3 Å². The first-order valence-electron chi connectivity index (χ1n) is 9.37. The molecule has 156 valence electrons. The number of rotatable bonds is 6. The molecule has 8 heteroatoms. The minimum Gasteiger partial charge on any atom is -0.352 e. The minimum absolute atomic E-state index is 0. The van der Waals surface area contributed by atoms with Gasteiger partial charge in [-0.2, -0.15) is 5.10 Å². The number of nitrogens with zero attached hydrogens (tertiary/aromatic N) is 5. The Kier molecular flexibility index (Phi) is 8.63. The molecule has 0 bridgehead atoms. The fourth-order valence-electron chi connectivity index (χ4n) is 3.25. The van der Waals surface area contributed by atoms with Crippen molar-refractivity contribution in [3.05, 3.63) is 68.9 Å². The summed E-state index contributed by atoms with van der Waals surface area (Å²) in [6, 6.07) is 10.4. The van der Waals surface area contributed by atoms with Gasteiger partial charge in [-0.1, -0.05) is 30.3 Å². The number of aryl methyl sites for hydroxylation is 2. The number of hydrogen-bond donors (Lipinski definition) is 1. The highest BCUT2D eigenvalue weighted by molar-refractivity contribution is 14.0. The lowest BCUT2D eigenvalue weighted by molar-refractivity contribution is 0.470. The molecule has 0 radical (unpaired) electrons. The Hall–Kier alpha value is -1.94. The molecule has 0 fully saturated rings. The van der Waals surface area contributed by atoms with Gasteiger partial charge in [0.2, 0.25) is 0 Å². The molecule has 2 heterocycles. The third-order valence-electron chi connectivity index (χ3n) is 4.77. The average Bonchev–Trinajstić information content (AvgIpc) is 3.20. The van der Waals surface area contributed by atoms with Gasteiger partial charge in [-0.05, 0) is 26.3 Å². The Morgan fingerprint density at radius 3 is 2.55 bits per heavy atom. The lowest BCUT2D eigenvalue weighted by Crippen LogP contribution is -2.38. The van der Waals surface area contributed by atoms with Gasteiger partial charge in [0, 0.05) is 37.3 Å². The van der Waals surface area contributed by atoms with Crippen molar-refractivity contribution in [1.29, 1.82) is 0 Å². The van der Waals surface area contributed by atoms with E-state index in [-0.39, 0.29) is 24.0 Å². The second kappa shape index (κ2) is 10.7. The summed E-state index contributed by atoms with van der Waals surface area (Å²) in [7, 11) is 3.84. The third kappa shape index (κ3) is 6.02. The minimum atomic E-state index is 0. The zero-order valence-corrected chi connectivity index (χ0v) is 20.8. The maximum atomic E-state index is 4.74. The first-order chi connectivity index (χ1) is 13.5. The van der Waals surface area contributed by atoms with Crippen molar-refractivity contribution in [3.8, 4) is 0 Å². The SMILES string of the molecule is CN=C(NCc1c(C)nn(Cc2ccccc2)c1C)N(C)Cc1csc(C)n1.I. The van der Waals surface area contributed by atoms with Crippen molar-refractivity contribution in [3.63, 3.8) is 0 Å². The van der Waals surface area contributed by atoms with E-state index in [0.29, 0.717) is 6.54 Å². The number of thiazole rings is 1. The van der Waals surface area contributed by atoms with Crippen molar-refractivity contribution < 1.29 is 0 Å². The molecule has 3 rings (SSSR count). The van der Waals surface area contributed by atoms with Crippen LogP contribution in [0.15, 0.2) is 40.7 Å². The highest BCUT2D eigenvalue weighted by atomic mass is 127. The molecule has 2 aromatic heterocycles. The lowest BCUT2D eigenvalue weighted by Gasteiger charge is -2.21. The van der Waals surface area contributed by atoms with E-state index >= 15 is 0 Å². The van der Waals surface area contributed by atoms with Crippen LogP contribution in [0, 0.1) is 20.8 Å². The zero-order chi connectivity index (χ0) is 20.1. The molecular formula is C21H29IN6S. The Morgan fingerprint density at radius 1 is 1.21 bits per heavy atom. The fraction of sp³-hybridized carbons (Fsp3) is 0.381. The number of hydrogen-bond acceptors (Lipinski definition) is 4. The molecule has 29 heavy (non-hydrogen) atoms. The maximum Gasteiger partial charge on any atom is 0.194 e. The van der Waals surface area contributed by atoms with Crippen LogP contribution in [-0.4, -0.2) is 39.7 Å². The predicted molar refractivity (Wildman–Crippen MR) is 131 cm³/mol. The normalized spacial score (nSPS) is 11.3. The molecule has 0 aliphatic carbocycles. The van der Waals surface area contributed by atoms with Crippen LogP contribution in [0.5, 0.6) is 0 Å². The molecular weight excluding hydrogens is 495 g/mol. The Bertz CT molecular complexity index is 947. The molecule has 0 atom stereocenters. The van der Waals surface area contributed by atoms with Crippen molar-refractivity contribution in [2.75, 3.05) is 14.1 Å². The first kappa shape index (κ1) is 23.3. The van der Waals surface area contributed by atoms with Gasteiger partial charge in [-0.3, -0.25) is 9.67 Å². The number of aliphatic imine (C=N–C) groups is 1. The van der Waals surface area contributed by atoms with E-state index < -0.39 is 0 Å². The molecule has 0 amide bonds. The summed E-state index contributed by atoms with van der Waals surface area (Å²) in [5.74, 6) is 0.847. The number of benzene rings is 1. The van der Waals surface area contributed by atoms with Gasteiger partial charge in [-0.15, -0.1) is 35.3 Å². The second-order valence-electron chi connectivity index (χ2n) is 6.91. The van der Waals surface area contributed by atoms with Crippen LogP contribution >= 0.6 is 35.3 Å². The summed E-state index contributed by atoms with van der Waals surface area (Å²) in [6.45, 7) is 8.43. The highest BCUT2D eigenvalue weighted by Gasteiger charge is 2.14. The number of nitrogens with one attached hydrogen (secondary N) is 1. The zero-order valence-electron chi connectivity index (χ0n) is 17.6. The van der Waals surface area contributed by atoms with E-state index in [1.807, 2.05) is 27.1 Å². The molecule has 0 saturated carbocycles. The molecule has 1 aromatic carbocycles. The molecule has 6 nitrogen and oxygen atoms in total. The van der Waals surface area contributed by atoms with Gasteiger partial charge >= 0.3 is 0 Å². The van der Waals surface area contributed by atoms with Crippen LogP contribution in [0.25, 0.3) is 0 Å². The number of guanidine groups is 1. The maximum absolute atomic E-state index is 4.74. The quantitative estimate of drug-likeness (QED) is 0.299. The van der Waals surface area contributed by atoms with E-state index in [9.17, 15) is 0 Å². The lowest BCUT2D eigenvalue weighted by atomic mass is 10.2. The van der Waals surface area contributed by atoms with Crippen molar-refractivity contribution in [2.24, 2.45) is 4.99 Å². The van der Waals surface area contributed by atoms with Gasteiger partial charge in [0.05, 0.1) is 29.5 Å². The topological polar surface area (TPSA) is 58.3 Å². The molecule has 0 aliphatic heterocycles. The Balaban J connectivity index is 0.00000300. The first-order valence-corrected chi connectivity index (χ1v) is 10.3. The summed E-state index contributed by atoms with van der Waals surface area (Å²) >= 11 is 1.67.